The number of benzene rings is 3. The molecule has 0 aliphatic heterocycles. The zero-order valence-corrected chi connectivity index (χ0v) is 17.0. The Morgan fingerprint density at radius 2 is 1.55 bits per heavy atom. The van der Waals surface area contributed by atoms with Crippen molar-refractivity contribution < 1.29 is 9.47 Å². The second-order valence-electron chi connectivity index (χ2n) is 6.40. The van der Waals surface area contributed by atoms with Gasteiger partial charge in [0.2, 0.25) is 0 Å². The number of para-hydroxylation sites is 1. The number of methoxy groups -OCH3 is 2. The highest BCUT2D eigenvalue weighted by Crippen LogP contribution is 2.29. The molecule has 1 heterocycles. The van der Waals surface area contributed by atoms with E-state index in [1.165, 1.54) is 11.8 Å². The average molecular weight is 404 g/mol. The van der Waals surface area contributed by atoms with E-state index in [0.717, 1.165) is 5.56 Å². The van der Waals surface area contributed by atoms with E-state index >= 15 is 0 Å². The third-order valence-electron chi connectivity index (χ3n) is 4.55. The Hall–Kier alpha value is -3.25. The minimum Gasteiger partial charge on any atom is -0.497 e. The predicted molar refractivity (Wildman–Crippen MR) is 116 cm³/mol. The van der Waals surface area contributed by atoms with Gasteiger partial charge >= 0.3 is 0 Å². The molecule has 0 unspecified atom stereocenters. The number of fused-ring (bicyclic) bond motifs is 1. The van der Waals surface area contributed by atoms with E-state index in [2.05, 4.69) is 12.1 Å². The van der Waals surface area contributed by atoms with Crippen LogP contribution in [0.2, 0.25) is 0 Å². The van der Waals surface area contributed by atoms with Crippen LogP contribution in [0.25, 0.3) is 16.6 Å². The third kappa shape index (κ3) is 3.98. The fourth-order valence-corrected chi connectivity index (χ4v) is 4.05. The monoisotopic (exact) mass is 404 g/mol. The Balaban J connectivity index is 1.89. The smallest absolute Gasteiger partial charge is 0.266 e. The molecule has 0 atom stereocenters. The minimum atomic E-state index is -0.124. The zero-order valence-electron chi connectivity index (χ0n) is 16.2. The van der Waals surface area contributed by atoms with Crippen molar-refractivity contribution in [2.45, 2.75) is 10.9 Å². The van der Waals surface area contributed by atoms with E-state index in [1.807, 2.05) is 48.5 Å². The molecule has 1 aromatic heterocycles. The second-order valence-corrected chi connectivity index (χ2v) is 7.34. The van der Waals surface area contributed by atoms with Crippen molar-refractivity contribution in [2.75, 3.05) is 14.2 Å². The summed E-state index contributed by atoms with van der Waals surface area (Å²) >= 11 is 1.52. The number of aromatic nitrogens is 2. The van der Waals surface area contributed by atoms with Gasteiger partial charge in [-0.05, 0) is 17.7 Å². The maximum atomic E-state index is 13.4. The summed E-state index contributed by atoms with van der Waals surface area (Å²) in [6.45, 7) is 0. The van der Waals surface area contributed by atoms with Gasteiger partial charge in [-0.3, -0.25) is 9.36 Å². The first-order valence-electron chi connectivity index (χ1n) is 9.11. The lowest BCUT2D eigenvalue weighted by atomic mass is 10.2. The van der Waals surface area contributed by atoms with Gasteiger partial charge in [-0.2, -0.15) is 0 Å². The van der Waals surface area contributed by atoms with Crippen LogP contribution in [0.4, 0.5) is 0 Å². The second kappa shape index (κ2) is 8.41. The van der Waals surface area contributed by atoms with Gasteiger partial charge in [-0.1, -0.05) is 54.2 Å². The highest BCUT2D eigenvalue weighted by molar-refractivity contribution is 7.98. The fourth-order valence-electron chi connectivity index (χ4n) is 3.08. The third-order valence-corrected chi connectivity index (χ3v) is 5.56. The molecule has 0 fully saturated rings. The van der Waals surface area contributed by atoms with Crippen LogP contribution < -0.4 is 15.0 Å². The molecular weight excluding hydrogens is 384 g/mol. The Morgan fingerprint density at radius 3 is 2.24 bits per heavy atom. The van der Waals surface area contributed by atoms with Crippen LogP contribution in [0, 0.1) is 0 Å². The van der Waals surface area contributed by atoms with Gasteiger partial charge in [0, 0.05) is 24.0 Å². The van der Waals surface area contributed by atoms with Gasteiger partial charge in [0.05, 0.1) is 30.8 Å². The normalized spacial score (nSPS) is 10.8. The van der Waals surface area contributed by atoms with Crippen LogP contribution in [0.5, 0.6) is 11.5 Å². The summed E-state index contributed by atoms with van der Waals surface area (Å²) in [6.07, 6.45) is 0. The summed E-state index contributed by atoms with van der Waals surface area (Å²) in [5.41, 5.74) is 2.37. The number of nitrogens with zero attached hydrogens (tertiary/aromatic N) is 2. The molecular formula is C23H20N2O3S. The van der Waals surface area contributed by atoms with Crippen molar-refractivity contribution in [3.8, 4) is 17.2 Å². The van der Waals surface area contributed by atoms with Crippen molar-refractivity contribution in [1.29, 1.82) is 0 Å². The molecule has 0 bridgehead atoms. The lowest BCUT2D eigenvalue weighted by Crippen LogP contribution is -2.21. The van der Waals surface area contributed by atoms with Gasteiger partial charge in [0.15, 0.2) is 5.16 Å². The molecule has 0 aliphatic carbocycles. The van der Waals surface area contributed by atoms with Crippen LogP contribution in [0.1, 0.15) is 5.56 Å². The Labute approximate surface area is 172 Å². The average Bonchev–Trinajstić information content (AvgIpc) is 2.78. The largest absolute Gasteiger partial charge is 0.497 e. The van der Waals surface area contributed by atoms with Crippen LogP contribution >= 0.6 is 11.8 Å². The number of rotatable bonds is 6. The molecule has 0 N–H and O–H groups in total. The minimum absolute atomic E-state index is 0.124. The molecule has 0 saturated heterocycles. The molecule has 0 spiro atoms. The molecule has 3 aromatic carbocycles. The Kier molecular flexibility index (Phi) is 5.53. The van der Waals surface area contributed by atoms with Gasteiger partial charge in [0.1, 0.15) is 11.5 Å². The first-order valence-corrected chi connectivity index (χ1v) is 10.1. The van der Waals surface area contributed by atoms with E-state index in [-0.39, 0.29) is 5.56 Å². The summed E-state index contributed by atoms with van der Waals surface area (Å²) in [5.74, 6) is 1.92. The maximum absolute atomic E-state index is 13.4. The van der Waals surface area contributed by atoms with E-state index in [4.69, 9.17) is 14.5 Å². The molecule has 146 valence electrons. The summed E-state index contributed by atoms with van der Waals surface area (Å²) in [4.78, 5) is 18.2. The van der Waals surface area contributed by atoms with Gasteiger partial charge in [0.25, 0.3) is 5.56 Å². The topological polar surface area (TPSA) is 53.4 Å². The van der Waals surface area contributed by atoms with Crippen molar-refractivity contribution in [1.82, 2.24) is 9.55 Å². The fraction of sp³-hybridized carbons (Fsp3) is 0.130. The lowest BCUT2D eigenvalue weighted by molar-refractivity contribution is 0.394. The lowest BCUT2D eigenvalue weighted by Gasteiger charge is -2.15. The molecule has 4 aromatic rings. The van der Waals surface area contributed by atoms with Gasteiger partial charge < -0.3 is 9.47 Å². The van der Waals surface area contributed by atoms with E-state index in [1.54, 1.807) is 30.9 Å². The van der Waals surface area contributed by atoms with E-state index in [0.29, 0.717) is 39.0 Å². The van der Waals surface area contributed by atoms with E-state index in [9.17, 15) is 4.79 Å². The summed E-state index contributed by atoms with van der Waals surface area (Å²) in [6, 6.07) is 22.9. The number of ether oxygens (including phenoxy) is 2. The molecule has 4 rings (SSSR count). The summed E-state index contributed by atoms with van der Waals surface area (Å²) in [5, 5.41) is 1.19. The van der Waals surface area contributed by atoms with Crippen molar-refractivity contribution in [2.24, 2.45) is 0 Å². The SMILES string of the molecule is COc1cc(OC)cc(-n2c(SCc3ccccc3)nc3ccccc3c2=O)c1. The molecule has 0 aliphatic rings. The predicted octanol–water partition coefficient (Wildman–Crippen LogP) is 4.70. The Bertz CT molecular complexity index is 1180. The number of hydrogen-bond donors (Lipinski definition) is 0. The van der Waals surface area contributed by atoms with Crippen molar-refractivity contribution >= 4 is 22.7 Å². The molecule has 0 amide bonds. The summed E-state index contributed by atoms with van der Waals surface area (Å²) in [7, 11) is 3.18. The highest BCUT2D eigenvalue weighted by atomic mass is 32.2. The van der Waals surface area contributed by atoms with Crippen molar-refractivity contribution in [3.63, 3.8) is 0 Å². The van der Waals surface area contributed by atoms with Crippen LogP contribution in [0.3, 0.4) is 0 Å². The highest BCUT2D eigenvalue weighted by Gasteiger charge is 2.15. The van der Waals surface area contributed by atoms with Crippen LogP contribution in [0.15, 0.2) is 82.7 Å². The molecule has 5 nitrogen and oxygen atoms in total. The first-order chi connectivity index (χ1) is 14.2. The molecule has 29 heavy (non-hydrogen) atoms. The van der Waals surface area contributed by atoms with Crippen LogP contribution in [-0.2, 0) is 5.75 Å². The number of hydrogen-bond acceptors (Lipinski definition) is 5. The Morgan fingerprint density at radius 1 is 0.897 bits per heavy atom. The first kappa shape index (κ1) is 19.1. The molecule has 0 radical (unpaired) electrons. The van der Waals surface area contributed by atoms with E-state index < -0.39 is 0 Å². The summed E-state index contributed by atoms with van der Waals surface area (Å²) < 4.78 is 12.4. The zero-order chi connectivity index (χ0) is 20.2. The standard InChI is InChI=1S/C23H20N2O3S/c1-27-18-12-17(13-19(14-18)28-2)25-22(26)20-10-6-7-11-21(20)24-23(25)29-15-16-8-4-3-5-9-16/h3-14H,15H2,1-2H3. The number of thioether (sulfide) groups is 1. The quantitative estimate of drug-likeness (QED) is 0.345. The van der Waals surface area contributed by atoms with Crippen LogP contribution in [-0.4, -0.2) is 23.8 Å². The maximum Gasteiger partial charge on any atom is 0.266 e. The van der Waals surface area contributed by atoms with Crippen molar-refractivity contribution in [3.05, 3.63) is 88.7 Å². The van der Waals surface area contributed by atoms with Gasteiger partial charge in [-0.25, -0.2) is 4.98 Å². The molecule has 6 heteroatoms. The molecule has 0 saturated carbocycles. The van der Waals surface area contributed by atoms with Gasteiger partial charge in [-0.15, -0.1) is 0 Å².